The maximum Gasteiger partial charge on any atom is 0.161 e. The highest BCUT2D eigenvalue weighted by Crippen LogP contribution is 2.40. The lowest BCUT2D eigenvalue weighted by molar-refractivity contribution is 0.161. The largest absolute Gasteiger partial charge is 0.493 e. The first-order valence-corrected chi connectivity index (χ1v) is 7.04. The fraction of sp³-hybridized carbons (Fsp3) is 0.571. The molecule has 1 unspecified atom stereocenters. The Morgan fingerprint density at radius 3 is 2.44 bits per heavy atom. The van der Waals surface area contributed by atoms with Gasteiger partial charge in [-0.3, -0.25) is 0 Å². The maximum absolute atomic E-state index is 10.2. The molecule has 1 N–H and O–H groups in total. The third-order valence-electron chi connectivity index (χ3n) is 3.41. The molecule has 0 heterocycles. The Labute approximate surface area is 116 Å². The molecule has 0 amide bonds. The molecule has 1 saturated carbocycles. The zero-order valence-corrected chi connectivity index (χ0v) is 12.4. The minimum absolute atomic E-state index is 0.445. The molecular formula is C14H19BrO3. The van der Waals surface area contributed by atoms with Crippen LogP contribution in [-0.2, 0) is 0 Å². The number of aliphatic hydroxyl groups excluding tert-OH is 1. The summed E-state index contributed by atoms with van der Waals surface area (Å²) in [6.07, 6.45) is 4.10. The maximum atomic E-state index is 10.2. The smallest absolute Gasteiger partial charge is 0.161 e. The van der Waals surface area contributed by atoms with E-state index in [0.29, 0.717) is 11.5 Å². The van der Waals surface area contributed by atoms with Crippen LogP contribution in [0.3, 0.4) is 0 Å². The van der Waals surface area contributed by atoms with Gasteiger partial charge in [0.25, 0.3) is 0 Å². The topological polar surface area (TPSA) is 38.7 Å². The third-order valence-corrected chi connectivity index (χ3v) is 4.09. The molecular weight excluding hydrogens is 296 g/mol. The molecule has 100 valence electrons. The van der Waals surface area contributed by atoms with Gasteiger partial charge in [-0.05, 0) is 36.5 Å². The summed E-state index contributed by atoms with van der Waals surface area (Å²) in [7, 11) is 3.21. The number of hydrogen-bond donors (Lipinski definition) is 1. The van der Waals surface area contributed by atoms with Gasteiger partial charge < -0.3 is 14.6 Å². The van der Waals surface area contributed by atoms with Crippen LogP contribution in [0.25, 0.3) is 0 Å². The molecule has 18 heavy (non-hydrogen) atoms. The number of rotatable bonds is 6. The van der Waals surface area contributed by atoms with E-state index >= 15 is 0 Å². The van der Waals surface area contributed by atoms with Gasteiger partial charge in [0.05, 0.1) is 20.3 Å². The first-order valence-electron chi connectivity index (χ1n) is 6.25. The number of methoxy groups -OCH3 is 2. The predicted octanol–water partition coefficient (Wildman–Crippen LogP) is 3.69. The van der Waals surface area contributed by atoms with Crippen molar-refractivity contribution in [3.05, 3.63) is 22.2 Å². The molecule has 0 spiro atoms. The van der Waals surface area contributed by atoms with Crippen molar-refractivity contribution in [2.45, 2.75) is 31.8 Å². The van der Waals surface area contributed by atoms with Gasteiger partial charge in [-0.25, -0.2) is 0 Å². The highest BCUT2D eigenvalue weighted by molar-refractivity contribution is 9.10. The van der Waals surface area contributed by atoms with Gasteiger partial charge in [-0.2, -0.15) is 0 Å². The van der Waals surface area contributed by atoms with E-state index in [4.69, 9.17) is 9.47 Å². The lowest BCUT2D eigenvalue weighted by Gasteiger charge is -2.16. The van der Waals surface area contributed by atoms with Gasteiger partial charge in [0.2, 0.25) is 0 Å². The first-order chi connectivity index (χ1) is 8.65. The van der Waals surface area contributed by atoms with Crippen LogP contribution in [0.4, 0.5) is 0 Å². The van der Waals surface area contributed by atoms with Gasteiger partial charge in [0.15, 0.2) is 11.5 Å². The van der Waals surface area contributed by atoms with E-state index in [-0.39, 0.29) is 0 Å². The summed E-state index contributed by atoms with van der Waals surface area (Å²) in [5, 5.41) is 10.2. The molecule has 0 saturated heterocycles. The van der Waals surface area contributed by atoms with Gasteiger partial charge in [0, 0.05) is 4.47 Å². The fourth-order valence-electron chi connectivity index (χ4n) is 2.08. The van der Waals surface area contributed by atoms with E-state index in [1.807, 2.05) is 12.1 Å². The van der Waals surface area contributed by atoms with Crippen molar-refractivity contribution in [2.75, 3.05) is 14.2 Å². The number of hydrogen-bond acceptors (Lipinski definition) is 3. The Hall–Kier alpha value is -0.740. The molecule has 0 aromatic heterocycles. The zero-order valence-electron chi connectivity index (χ0n) is 10.8. The molecule has 1 aromatic rings. The summed E-state index contributed by atoms with van der Waals surface area (Å²) in [5.41, 5.74) is 0.869. The van der Waals surface area contributed by atoms with Crippen molar-refractivity contribution in [1.29, 1.82) is 0 Å². The third kappa shape index (κ3) is 3.18. The van der Waals surface area contributed by atoms with Gasteiger partial charge in [-0.15, -0.1) is 0 Å². The van der Waals surface area contributed by atoms with Crippen molar-refractivity contribution in [2.24, 2.45) is 5.92 Å². The molecule has 0 radical (unpaired) electrons. The average molecular weight is 315 g/mol. The molecule has 1 aliphatic rings. The van der Waals surface area contributed by atoms with E-state index < -0.39 is 6.10 Å². The van der Waals surface area contributed by atoms with Crippen LogP contribution < -0.4 is 9.47 Å². The molecule has 3 nitrogen and oxygen atoms in total. The second kappa shape index (κ2) is 5.93. The Morgan fingerprint density at radius 2 is 1.89 bits per heavy atom. The van der Waals surface area contributed by atoms with Crippen molar-refractivity contribution in [1.82, 2.24) is 0 Å². The molecule has 0 aliphatic heterocycles. The summed E-state index contributed by atoms with van der Waals surface area (Å²) >= 11 is 3.48. The van der Waals surface area contributed by atoms with Crippen LogP contribution in [-0.4, -0.2) is 19.3 Å². The van der Waals surface area contributed by atoms with E-state index in [0.717, 1.165) is 28.8 Å². The summed E-state index contributed by atoms with van der Waals surface area (Å²) in [5.74, 6) is 2.15. The fourth-order valence-corrected chi connectivity index (χ4v) is 2.67. The normalized spacial score (nSPS) is 16.4. The molecule has 1 atom stereocenters. The summed E-state index contributed by atoms with van der Waals surface area (Å²) in [6, 6.07) is 3.69. The standard InChI is InChI=1S/C14H19BrO3/c1-17-13-7-10(11(15)8-14(13)18-2)12(16)6-5-9-3-4-9/h7-9,12,16H,3-6H2,1-2H3. The highest BCUT2D eigenvalue weighted by Gasteiger charge is 2.23. The van der Waals surface area contributed by atoms with Crippen molar-refractivity contribution >= 4 is 15.9 Å². The van der Waals surface area contributed by atoms with Gasteiger partial charge in [0.1, 0.15) is 0 Å². The van der Waals surface area contributed by atoms with Crippen molar-refractivity contribution in [3.63, 3.8) is 0 Å². The van der Waals surface area contributed by atoms with Crippen LogP contribution in [0.1, 0.15) is 37.4 Å². The molecule has 2 rings (SSSR count). The van der Waals surface area contributed by atoms with Crippen LogP contribution in [0.2, 0.25) is 0 Å². The van der Waals surface area contributed by atoms with Crippen molar-refractivity contribution in [3.8, 4) is 11.5 Å². The molecule has 0 bridgehead atoms. The zero-order chi connectivity index (χ0) is 13.1. The van der Waals surface area contributed by atoms with E-state index in [9.17, 15) is 5.11 Å². The van der Waals surface area contributed by atoms with E-state index in [1.165, 1.54) is 12.8 Å². The second-order valence-corrected chi connectivity index (χ2v) is 5.62. The van der Waals surface area contributed by atoms with Gasteiger partial charge >= 0.3 is 0 Å². The second-order valence-electron chi connectivity index (χ2n) is 4.77. The lowest BCUT2D eigenvalue weighted by atomic mass is 10.0. The summed E-state index contributed by atoms with van der Waals surface area (Å²) in [6.45, 7) is 0. The number of halogens is 1. The highest BCUT2D eigenvalue weighted by atomic mass is 79.9. The quantitative estimate of drug-likeness (QED) is 0.870. The number of aliphatic hydroxyl groups is 1. The monoisotopic (exact) mass is 314 g/mol. The van der Waals surface area contributed by atoms with E-state index in [2.05, 4.69) is 15.9 Å². The van der Waals surface area contributed by atoms with Crippen LogP contribution >= 0.6 is 15.9 Å². The van der Waals surface area contributed by atoms with Gasteiger partial charge in [-0.1, -0.05) is 28.8 Å². The minimum Gasteiger partial charge on any atom is -0.493 e. The number of benzene rings is 1. The van der Waals surface area contributed by atoms with Crippen LogP contribution in [0.15, 0.2) is 16.6 Å². The number of ether oxygens (including phenoxy) is 2. The molecule has 4 heteroatoms. The van der Waals surface area contributed by atoms with Crippen molar-refractivity contribution < 1.29 is 14.6 Å². The molecule has 1 fully saturated rings. The first kappa shape index (κ1) is 13.7. The van der Waals surface area contributed by atoms with E-state index in [1.54, 1.807) is 14.2 Å². The molecule has 1 aromatic carbocycles. The van der Waals surface area contributed by atoms with Crippen LogP contribution in [0, 0.1) is 5.92 Å². The Balaban J connectivity index is 2.14. The average Bonchev–Trinajstić information content (AvgIpc) is 3.19. The Bertz CT molecular complexity index is 416. The Morgan fingerprint density at radius 1 is 1.28 bits per heavy atom. The van der Waals surface area contributed by atoms with Crippen LogP contribution in [0.5, 0.6) is 11.5 Å². The lowest BCUT2D eigenvalue weighted by Crippen LogP contribution is -2.01. The SMILES string of the molecule is COc1cc(Br)c(C(O)CCC2CC2)cc1OC. The summed E-state index contributed by atoms with van der Waals surface area (Å²) in [4.78, 5) is 0. The predicted molar refractivity (Wildman–Crippen MR) is 74.2 cm³/mol. The summed E-state index contributed by atoms with van der Waals surface area (Å²) < 4.78 is 11.4. The molecule has 1 aliphatic carbocycles. The minimum atomic E-state index is -0.445. The Kier molecular flexibility index (Phi) is 4.51.